The van der Waals surface area contributed by atoms with Crippen LogP contribution in [0, 0.1) is 6.92 Å². The molecule has 3 aromatic heterocycles. The highest BCUT2D eigenvalue weighted by Crippen LogP contribution is 2.33. The number of hydrogen-bond donors (Lipinski definition) is 1. The Kier molecular flexibility index (Phi) is 7.94. The van der Waals surface area contributed by atoms with E-state index >= 15 is 0 Å². The second kappa shape index (κ2) is 11.0. The highest BCUT2D eigenvalue weighted by atomic mass is 35.5. The number of fused-ring (bicyclic) bond motifs is 1. The Morgan fingerprint density at radius 3 is 2.83 bits per heavy atom. The summed E-state index contributed by atoms with van der Waals surface area (Å²) in [5, 5.41) is 8.38. The molecule has 1 N–H and O–H groups in total. The molecule has 1 fully saturated rings. The zero-order valence-corrected chi connectivity index (χ0v) is 21.7. The van der Waals surface area contributed by atoms with Gasteiger partial charge in [0.1, 0.15) is 6.33 Å². The van der Waals surface area contributed by atoms with E-state index in [1.807, 2.05) is 38.2 Å². The molecule has 0 radical (unpaired) electrons. The summed E-state index contributed by atoms with van der Waals surface area (Å²) >= 11 is 6.47. The molecule has 4 heterocycles. The molecule has 190 valence electrons. The van der Waals surface area contributed by atoms with Crippen molar-refractivity contribution in [3.05, 3.63) is 85.5 Å². The fourth-order valence-corrected chi connectivity index (χ4v) is 4.91. The molecule has 36 heavy (non-hydrogen) atoms. The van der Waals surface area contributed by atoms with E-state index in [9.17, 15) is 9.59 Å². The van der Waals surface area contributed by atoms with Crippen LogP contribution in [0.3, 0.4) is 0 Å². The average Bonchev–Trinajstić information content (AvgIpc) is 3.27. The van der Waals surface area contributed by atoms with Gasteiger partial charge in [-0.05, 0) is 48.7 Å². The fraction of sp³-hybridized carbons (Fsp3) is 0.360. The number of morpholine rings is 1. The van der Waals surface area contributed by atoms with Crippen molar-refractivity contribution in [3.63, 3.8) is 0 Å². The van der Waals surface area contributed by atoms with Crippen molar-refractivity contribution in [2.24, 2.45) is 0 Å². The number of rotatable bonds is 6. The van der Waals surface area contributed by atoms with Gasteiger partial charge < -0.3 is 14.6 Å². The molecule has 0 unspecified atom stereocenters. The lowest BCUT2D eigenvalue weighted by Crippen LogP contribution is -2.39. The van der Waals surface area contributed by atoms with Crippen molar-refractivity contribution in [1.82, 2.24) is 29.0 Å². The van der Waals surface area contributed by atoms with Crippen LogP contribution in [0.5, 0.6) is 0 Å². The lowest BCUT2D eigenvalue weighted by Gasteiger charge is -2.25. The van der Waals surface area contributed by atoms with Gasteiger partial charge in [0, 0.05) is 55.1 Å². The Balaban J connectivity index is 0.00000304. The first-order valence-corrected chi connectivity index (χ1v) is 12.1. The predicted molar refractivity (Wildman–Crippen MR) is 141 cm³/mol. The summed E-state index contributed by atoms with van der Waals surface area (Å²) in [4.78, 5) is 29.7. The molecule has 0 amide bonds. The number of aromatic nitrogens is 5. The Morgan fingerprint density at radius 2 is 2.08 bits per heavy atom. The zero-order chi connectivity index (χ0) is 24.5. The lowest BCUT2D eigenvalue weighted by molar-refractivity contribution is 0.0292. The number of halogens is 2. The van der Waals surface area contributed by atoms with Gasteiger partial charge in [-0.2, -0.15) is 5.10 Å². The molecular weight excluding hydrogens is 503 g/mol. The van der Waals surface area contributed by atoms with Crippen molar-refractivity contribution < 1.29 is 4.74 Å². The number of nitrogens with one attached hydrogen (secondary N) is 1. The SMILES string of the molecule is CCn1ccc(=O)n(Cc2cc3c(-c4cc(Cl)cc(C)c4C[C@@H]4CNCCO4)ncnn3c2)c1=O.Cl. The minimum absolute atomic E-state index is 0. The maximum absolute atomic E-state index is 12.7. The van der Waals surface area contributed by atoms with Crippen molar-refractivity contribution >= 4 is 29.5 Å². The minimum atomic E-state index is -0.338. The first kappa shape index (κ1) is 26.1. The van der Waals surface area contributed by atoms with Gasteiger partial charge >= 0.3 is 5.69 Å². The second-order valence-electron chi connectivity index (χ2n) is 8.75. The van der Waals surface area contributed by atoms with Gasteiger partial charge in [-0.25, -0.2) is 14.3 Å². The van der Waals surface area contributed by atoms with Crippen LogP contribution < -0.4 is 16.6 Å². The molecule has 1 aliphatic rings. The Morgan fingerprint density at radius 1 is 1.25 bits per heavy atom. The number of benzene rings is 1. The van der Waals surface area contributed by atoms with Gasteiger partial charge in [-0.3, -0.25) is 9.36 Å². The average molecular weight is 531 g/mol. The third-order valence-corrected chi connectivity index (χ3v) is 6.63. The minimum Gasteiger partial charge on any atom is -0.375 e. The lowest BCUT2D eigenvalue weighted by atomic mass is 9.94. The topological polar surface area (TPSA) is 95.4 Å². The Hall–Kier alpha value is -2.98. The van der Waals surface area contributed by atoms with Gasteiger partial charge in [0.15, 0.2) is 0 Å². The van der Waals surface area contributed by atoms with Gasteiger partial charge in [-0.15, -0.1) is 12.4 Å². The highest BCUT2D eigenvalue weighted by molar-refractivity contribution is 6.31. The second-order valence-corrected chi connectivity index (χ2v) is 9.18. The number of aryl methyl sites for hydroxylation is 2. The first-order valence-electron chi connectivity index (χ1n) is 11.7. The van der Waals surface area contributed by atoms with Crippen molar-refractivity contribution in [1.29, 1.82) is 0 Å². The summed E-state index contributed by atoms with van der Waals surface area (Å²) in [6.07, 6.45) is 5.64. The van der Waals surface area contributed by atoms with E-state index in [-0.39, 0.29) is 36.3 Å². The van der Waals surface area contributed by atoms with Crippen LogP contribution in [0.4, 0.5) is 0 Å². The predicted octanol–water partition coefficient (Wildman–Crippen LogP) is 2.70. The van der Waals surface area contributed by atoms with E-state index in [0.29, 0.717) is 18.2 Å². The maximum Gasteiger partial charge on any atom is 0.331 e. The monoisotopic (exact) mass is 530 g/mol. The normalized spacial score (nSPS) is 15.7. The maximum atomic E-state index is 12.7. The molecular formula is C25H28Cl2N6O3. The number of nitrogens with zero attached hydrogens (tertiary/aromatic N) is 5. The van der Waals surface area contributed by atoms with Crippen molar-refractivity contribution in [3.8, 4) is 11.3 Å². The van der Waals surface area contributed by atoms with Gasteiger partial charge in [-0.1, -0.05) is 11.6 Å². The van der Waals surface area contributed by atoms with Crippen LogP contribution in [-0.4, -0.2) is 49.5 Å². The molecule has 5 rings (SSSR count). The molecule has 0 saturated carbocycles. The van der Waals surface area contributed by atoms with E-state index < -0.39 is 0 Å². The van der Waals surface area contributed by atoms with Gasteiger partial charge in [0.25, 0.3) is 5.56 Å². The quantitative estimate of drug-likeness (QED) is 0.411. The summed E-state index contributed by atoms with van der Waals surface area (Å²) < 4.78 is 10.4. The van der Waals surface area contributed by atoms with Crippen LogP contribution in [0.1, 0.15) is 23.6 Å². The third kappa shape index (κ3) is 5.10. The number of ether oxygens (including phenoxy) is 1. The highest BCUT2D eigenvalue weighted by Gasteiger charge is 2.21. The smallest absolute Gasteiger partial charge is 0.331 e. The molecule has 11 heteroatoms. The molecule has 1 atom stereocenters. The molecule has 4 aromatic rings. The molecule has 1 aromatic carbocycles. The number of hydrogen-bond acceptors (Lipinski definition) is 6. The largest absolute Gasteiger partial charge is 0.375 e. The molecule has 0 aliphatic carbocycles. The Bertz CT molecular complexity index is 1500. The van der Waals surface area contributed by atoms with E-state index in [1.165, 1.54) is 27.7 Å². The third-order valence-electron chi connectivity index (χ3n) is 6.41. The summed E-state index contributed by atoms with van der Waals surface area (Å²) in [6.45, 7) is 6.87. The molecule has 9 nitrogen and oxygen atoms in total. The van der Waals surface area contributed by atoms with Crippen LogP contribution in [0.15, 0.2) is 52.6 Å². The molecule has 0 bridgehead atoms. The molecule has 1 saturated heterocycles. The summed E-state index contributed by atoms with van der Waals surface area (Å²) in [5.74, 6) is 0. The van der Waals surface area contributed by atoms with Crippen molar-refractivity contribution in [2.45, 2.75) is 39.5 Å². The summed E-state index contributed by atoms with van der Waals surface area (Å²) in [5.41, 5.74) is 4.73. The van der Waals surface area contributed by atoms with Crippen LogP contribution in [0.2, 0.25) is 5.02 Å². The standard InChI is InChI=1S/C25H27ClN6O3.ClH/c1-3-30-6-4-23(33)31(25(30)34)13-17-9-22-24(28-15-29-32(22)14-17)21-10-18(26)8-16(2)20(21)11-19-12-27-5-7-35-19;/h4,6,8-10,14-15,19,27H,3,5,7,11-13H2,1-2H3;1H/t19-;/m1./s1. The summed E-state index contributed by atoms with van der Waals surface area (Å²) in [7, 11) is 0. The van der Waals surface area contributed by atoms with Gasteiger partial charge in [0.05, 0.1) is 30.5 Å². The zero-order valence-electron chi connectivity index (χ0n) is 20.1. The molecule has 0 spiro atoms. The molecule has 1 aliphatic heterocycles. The van der Waals surface area contributed by atoms with Crippen LogP contribution in [0.25, 0.3) is 16.8 Å². The Labute approximate surface area is 219 Å². The van der Waals surface area contributed by atoms with E-state index in [1.54, 1.807) is 4.52 Å². The summed E-state index contributed by atoms with van der Waals surface area (Å²) in [6, 6.07) is 7.22. The first-order chi connectivity index (χ1) is 16.9. The van der Waals surface area contributed by atoms with Gasteiger partial charge in [0.2, 0.25) is 0 Å². The van der Waals surface area contributed by atoms with E-state index in [0.717, 1.165) is 53.0 Å². The van der Waals surface area contributed by atoms with Crippen LogP contribution in [-0.2, 0) is 24.2 Å². The van der Waals surface area contributed by atoms with Crippen molar-refractivity contribution in [2.75, 3.05) is 19.7 Å². The van der Waals surface area contributed by atoms with E-state index in [4.69, 9.17) is 16.3 Å². The fourth-order valence-electron chi connectivity index (χ4n) is 4.64. The van der Waals surface area contributed by atoms with Crippen LogP contribution >= 0.6 is 24.0 Å². The van der Waals surface area contributed by atoms with E-state index in [2.05, 4.69) is 15.4 Å².